The number of nitrogens with one attached hydrogen (secondary N) is 1. The van der Waals surface area contributed by atoms with E-state index in [2.05, 4.69) is 5.32 Å². The molecule has 1 saturated carbocycles. The minimum absolute atomic E-state index is 0.0916. The van der Waals surface area contributed by atoms with Gasteiger partial charge in [-0.2, -0.15) is 0 Å². The van der Waals surface area contributed by atoms with Gasteiger partial charge in [-0.25, -0.2) is 12.7 Å². The molecule has 21 heavy (non-hydrogen) atoms. The molecule has 1 aliphatic heterocycles. The van der Waals surface area contributed by atoms with E-state index in [1.54, 1.807) is 25.3 Å². The third-order valence-corrected chi connectivity index (χ3v) is 7.04. The second-order valence-electron chi connectivity index (χ2n) is 5.71. The molecule has 3 rings (SSSR count). The van der Waals surface area contributed by atoms with Gasteiger partial charge in [0, 0.05) is 25.2 Å². The number of anilines is 1. The summed E-state index contributed by atoms with van der Waals surface area (Å²) in [7, 11) is -0.446. The minimum atomic E-state index is -3.54. The highest BCUT2D eigenvalue weighted by Crippen LogP contribution is 2.57. The lowest BCUT2D eigenvalue weighted by Gasteiger charge is -2.18. The first-order valence-corrected chi connectivity index (χ1v) is 8.19. The zero-order valence-corrected chi connectivity index (χ0v) is 13.0. The molecule has 6 nitrogen and oxygen atoms in total. The standard InChI is InChI=1S/C14H18N2O4S/c1-9-6-11(20-3)4-5-12(9)15-13(17)14-7-10(14)8-16(2)21(14,18)19/h4-6,10H,7-8H2,1-3H3,(H,15,17)/t10-,14-/m0/s1. The molecule has 0 bridgehead atoms. The van der Waals surface area contributed by atoms with E-state index in [0.717, 1.165) is 5.56 Å². The van der Waals surface area contributed by atoms with E-state index in [0.29, 0.717) is 24.4 Å². The molecular weight excluding hydrogens is 292 g/mol. The number of rotatable bonds is 3. The molecule has 114 valence electrons. The van der Waals surface area contributed by atoms with Gasteiger partial charge in [-0.05, 0) is 37.1 Å². The number of hydrogen-bond acceptors (Lipinski definition) is 4. The SMILES string of the molecule is COc1ccc(NC(=O)[C@]23C[C@H]2CN(C)S3(=O)=O)c(C)c1. The van der Waals surface area contributed by atoms with E-state index < -0.39 is 20.7 Å². The predicted octanol–water partition coefficient (Wildman–Crippen LogP) is 0.976. The van der Waals surface area contributed by atoms with E-state index in [4.69, 9.17) is 4.74 Å². The Labute approximate surface area is 124 Å². The van der Waals surface area contributed by atoms with Gasteiger partial charge in [-0.15, -0.1) is 0 Å². The number of carbonyl (C=O) groups excluding carboxylic acids is 1. The zero-order valence-electron chi connectivity index (χ0n) is 12.2. The van der Waals surface area contributed by atoms with Crippen molar-refractivity contribution in [3.8, 4) is 5.75 Å². The van der Waals surface area contributed by atoms with Crippen LogP contribution < -0.4 is 10.1 Å². The first-order valence-electron chi connectivity index (χ1n) is 6.75. The van der Waals surface area contributed by atoms with Crippen LogP contribution in [0.1, 0.15) is 12.0 Å². The molecule has 1 N–H and O–H groups in total. The van der Waals surface area contributed by atoms with Crippen LogP contribution in [-0.4, -0.2) is 44.1 Å². The average Bonchev–Trinajstić information content (AvgIpc) is 3.12. The maximum atomic E-state index is 12.5. The van der Waals surface area contributed by atoms with Crippen LogP contribution in [0.5, 0.6) is 5.75 Å². The van der Waals surface area contributed by atoms with Crippen molar-refractivity contribution in [3.63, 3.8) is 0 Å². The van der Waals surface area contributed by atoms with Crippen molar-refractivity contribution in [2.75, 3.05) is 26.0 Å². The van der Waals surface area contributed by atoms with Crippen molar-refractivity contribution in [3.05, 3.63) is 23.8 Å². The fourth-order valence-corrected chi connectivity index (χ4v) is 5.17. The molecule has 1 amide bonds. The maximum absolute atomic E-state index is 12.5. The van der Waals surface area contributed by atoms with Crippen molar-refractivity contribution in [1.29, 1.82) is 0 Å². The van der Waals surface area contributed by atoms with Crippen LogP contribution in [0.25, 0.3) is 0 Å². The Balaban J connectivity index is 1.86. The van der Waals surface area contributed by atoms with Gasteiger partial charge in [0.05, 0.1) is 7.11 Å². The molecule has 7 heteroatoms. The normalized spacial score (nSPS) is 29.8. The summed E-state index contributed by atoms with van der Waals surface area (Å²) < 4.78 is 29.8. The molecular formula is C14H18N2O4S. The van der Waals surface area contributed by atoms with Crippen LogP contribution in [0, 0.1) is 12.8 Å². The number of sulfonamides is 1. The Morgan fingerprint density at radius 2 is 2.19 bits per heavy atom. The Kier molecular flexibility index (Phi) is 3.04. The van der Waals surface area contributed by atoms with Crippen LogP contribution in [0.4, 0.5) is 5.69 Å². The highest BCUT2D eigenvalue weighted by atomic mass is 32.2. The van der Waals surface area contributed by atoms with Gasteiger partial charge in [0.1, 0.15) is 5.75 Å². The third-order valence-electron chi connectivity index (χ3n) is 4.46. The van der Waals surface area contributed by atoms with Crippen LogP contribution in [0.15, 0.2) is 18.2 Å². The molecule has 1 aromatic rings. The number of carbonyl (C=O) groups is 1. The number of fused-ring (bicyclic) bond motifs is 1. The van der Waals surface area contributed by atoms with Crippen molar-refractivity contribution in [2.24, 2.45) is 5.92 Å². The van der Waals surface area contributed by atoms with Gasteiger partial charge in [0.2, 0.25) is 15.9 Å². The van der Waals surface area contributed by atoms with Crippen LogP contribution in [0.3, 0.4) is 0 Å². The fraction of sp³-hybridized carbons (Fsp3) is 0.500. The number of benzene rings is 1. The molecule has 1 aliphatic carbocycles. The smallest absolute Gasteiger partial charge is 0.247 e. The summed E-state index contributed by atoms with van der Waals surface area (Å²) in [6, 6.07) is 5.26. The van der Waals surface area contributed by atoms with Crippen LogP contribution in [0.2, 0.25) is 0 Å². The average molecular weight is 310 g/mol. The largest absolute Gasteiger partial charge is 0.497 e. The summed E-state index contributed by atoms with van der Waals surface area (Å²) in [6.45, 7) is 2.27. The van der Waals surface area contributed by atoms with E-state index in [-0.39, 0.29) is 5.92 Å². The Bertz CT molecular complexity index is 716. The first-order chi connectivity index (χ1) is 9.82. The molecule has 0 aromatic heterocycles. The predicted molar refractivity (Wildman–Crippen MR) is 78.7 cm³/mol. The number of aryl methyl sites for hydroxylation is 1. The molecule has 2 aliphatic rings. The maximum Gasteiger partial charge on any atom is 0.247 e. The number of nitrogens with zero attached hydrogens (tertiary/aromatic N) is 1. The van der Waals surface area contributed by atoms with Gasteiger partial charge < -0.3 is 10.1 Å². The lowest BCUT2D eigenvalue weighted by Crippen LogP contribution is -2.40. The molecule has 2 atom stereocenters. The minimum Gasteiger partial charge on any atom is -0.497 e. The van der Waals surface area contributed by atoms with Crippen molar-refractivity contribution < 1.29 is 17.9 Å². The van der Waals surface area contributed by atoms with Crippen molar-refractivity contribution in [2.45, 2.75) is 18.1 Å². The summed E-state index contributed by atoms with van der Waals surface area (Å²) in [5.41, 5.74) is 1.45. The molecule has 0 unspecified atom stereocenters. The highest BCUT2D eigenvalue weighted by Gasteiger charge is 2.74. The summed E-state index contributed by atoms with van der Waals surface area (Å²) in [4.78, 5) is 12.5. The van der Waals surface area contributed by atoms with E-state index >= 15 is 0 Å². The molecule has 1 saturated heterocycles. The van der Waals surface area contributed by atoms with Gasteiger partial charge >= 0.3 is 0 Å². The summed E-state index contributed by atoms with van der Waals surface area (Å²) >= 11 is 0. The summed E-state index contributed by atoms with van der Waals surface area (Å²) in [6.07, 6.45) is 0.417. The first kappa shape index (κ1) is 14.3. The van der Waals surface area contributed by atoms with Crippen LogP contribution >= 0.6 is 0 Å². The lowest BCUT2D eigenvalue weighted by atomic mass is 10.2. The summed E-state index contributed by atoms with van der Waals surface area (Å²) in [5, 5.41) is 2.76. The van der Waals surface area contributed by atoms with Gasteiger partial charge in [0.25, 0.3) is 0 Å². The van der Waals surface area contributed by atoms with Gasteiger partial charge in [-0.3, -0.25) is 4.79 Å². The summed E-state index contributed by atoms with van der Waals surface area (Å²) in [5.74, 6) is 0.178. The number of amides is 1. The fourth-order valence-electron chi connectivity index (χ4n) is 3.05. The van der Waals surface area contributed by atoms with Crippen molar-refractivity contribution >= 4 is 21.6 Å². The Morgan fingerprint density at radius 1 is 1.48 bits per heavy atom. The van der Waals surface area contributed by atoms with E-state index in [1.807, 2.05) is 6.92 Å². The molecule has 0 radical (unpaired) electrons. The van der Waals surface area contributed by atoms with E-state index in [1.165, 1.54) is 11.4 Å². The van der Waals surface area contributed by atoms with Gasteiger partial charge in [0.15, 0.2) is 4.75 Å². The zero-order chi connectivity index (χ0) is 15.4. The van der Waals surface area contributed by atoms with Crippen LogP contribution in [-0.2, 0) is 14.8 Å². The third kappa shape index (κ3) is 1.87. The number of hydrogen-bond donors (Lipinski definition) is 1. The molecule has 2 fully saturated rings. The number of methoxy groups -OCH3 is 1. The molecule has 0 spiro atoms. The quantitative estimate of drug-likeness (QED) is 0.903. The second-order valence-corrected chi connectivity index (χ2v) is 8.01. The van der Waals surface area contributed by atoms with Gasteiger partial charge in [-0.1, -0.05) is 0 Å². The second kappa shape index (κ2) is 4.45. The van der Waals surface area contributed by atoms with E-state index in [9.17, 15) is 13.2 Å². The monoisotopic (exact) mass is 310 g/mol. The molecule has 1 aromatic carbocycles. The Hall–Kier alpha value is -1.60. The van der Waals surface area contributed by atoms with Crippen molar-refractivity contribution in [1.82, 2.24) is 4.31 Å². The topological polar surface area (TPSA) is 75.7 Å². The molecule has 1 heterocycles. The number of ether oxygens (including phenoxy) is 1. The Morgan fingerprint density at radius 3 is 2.71 bits per heavy atom. The lowest BCUT2D eigenvalue weighted by molar-refractivity contribution is -0.116. The highest BCUT2D eigenvalue weighted by molar-refractivity contribution is 7.92.